The normalized spacial score (nSPS) is 22.1. The standard InChI is InChI=1S/C25H28ClN3O2S/c1-25(24(31)27-18-9-4-2-3-5-10-18)16-28-20-12-13-32-22(20)14-21(28)23(30)29(25)15-17-8-6-7-11-19(17)26/h6-8,11-14,18H,2-5,9-10,15-16H2,1H3,(H,27,31). The highest BCUT2D eigenvalue weighted by Crippen LogP contribution is 2.36. The molecule has 2 amide bonds. The number of fused-ring (bicyclic) bond motifs is 3. The Morgan fingerprint density at radius 2 is 1.94 bits per heavy atom. The number of rotatable bonds is 4. The van der Waals surface area contributed by atoms with E-state index in [1.165, 1.54) is 12.8 Å². The Balaban J connectivity index is 1.53. The molecule has 2 aromatic heterocycles. The van der Waals surface area contributed by atoms with Crippen molar-refractivity contribution in [2.45, 2.75) is 70.1 Å². The van der Waals surface area contributed by atoms with Gasteiger partial charge in [-0.2, -0.15) is 0 Å². The van der Waals surface area contributed by atoms with Crippen molar-refractivity contribution in [1.29, 1.82) is 0 Å². The fraction of sp³-hybridized carbons (Fsp3) is 0.440. The van der Waals surface area contributed by atoms with E-state index in [2.05, 4.69) is 5.32 Å². The number of thiophene rings is 1. The number of aromatic nitrogens is 1. The van der Waals surface area contributed by atoms with E-state index in [9.17, 15) is 9.59 Å². The van der Waals surface area contributed by atoms with Gasteiger partial charge >= 0.3 is 0 Å². The monoisotopic (exact) mass is 469 g/mol. The van der Waals surface area contributed by atoms with Crippen LogP contribution < -0.4 is 5.32 Å². The molecule has 1 saturated carbocycles. The van der Waals surface area contributed by atoms with E-state index in [0.717, 1.165) is 41.5 Å². The number of halogens is 1. The quantitative estimate of drug-likeness (QED) is 0.505. The number of carbonyl (C=O) groups excluding carboxylic acids is 2. The summed E-state index contributed by atoms with van der Waals surface area (Å²) in [4.78, 5) is 29.3. The maximum atomic E-state index is 13.8. The van der Waals surface area contributed by atoms with Crippen LogP contribution in [0.2, 0.25) is 5.02 Å². The summed E-state index contributed by atoms with van der Waals surface area (Å²) < 4.78 is 3.09. The molecule has 0 radical (unpaired) electrons. The number of nitrogens with zero attached hydrogens (tertiary/aromatic N) is 2. The van der Waals surface area contributed by atoms with Crippen LogP contribution in [-0.2, 0) is 17.9 Å². The van der Waals surface area contributed by atoms with E-state index >= 15 is 0 Å². The zero-order chi connectivity index (χ0) is 22.3. The molecule has 1 atom stereocenters. The molecule has 3 aromatic rings. The smallest absolute Gasteiger partial charge is 0.271 e. The van der Waals surface area contributed by atoms with Crippen LogP contribution in [-0.4, -0.2) is 32.9 Å². The van der Waals surface area contributed by atoms with E-state index in [4.69, 9.17) is 11.6 Å². The van der Waals surface area contributed by atoms with E-state index in [0.29, 0.717) is 23.8 Å². The number of nitrogens with one attached hydrogen (secondary N) is 1. The zero-order valence-electron chi connectivity index (χ0n) is 18.3. The second-order valence-corrected chi connectivity index (χ2v) is 10.6. The van der Waals surface area contributed by atoms with Gasteiger partial charge in [0, 0.05) is 17.6 Å². The van der Waals surface area contributed by atoms with Gasteiger partial charge in [-0.15, -0.1) is 11.3 Å². The molecule has 0 saturated heterocycles. The fourth-order valence-electron chi connectivity index (χ4n) is 5.08. The summed E-state index contributed by atoms with van der Waals surface area (Å²) >= 11 is 8.06. The summed E-state index contributed by atoms with van der Waals surface area (Å²) in [5, 5.41) is 5.94. The molecule has 5 rings (SSSR count). The molecule has 1 unspecified atom stereocenters. The first-order chi connectivity index (χ1) is 15.5. The molecule has 1 aromatic carbocycles. The van der Waals surface area contributed by atoms with E-state index in [1.54, 1.807) is 16.2 Å². The fourth-order valence-corrected chi connectivity index (χ4v) is 6.10. The van der Waals surface area contributed by atoms with Crippen LogP contribution in [0.5, 0.6) is 0 Å². The Hall–Kier alpha value is -2.31. The maximum absolute atomic E-state index is 13.8. The average Bonchev–Trinajstić information content (AvgIpc) is 3.27. The molecule has 32 heavy (non-hydrogen) atoms. The minimum absolute atomic E-state index is 0.0764. The third-order valence-corrected chi connectivity index (χ3v) is 8.24. The molecule has 1 aliphatic heterocycles. The number of hydrogen-bond acceptors (Lipinski definition) is 3. The Morgan fingerprint density at radius 1 is 1.19 bits per heavy atom. The van der Waals surface area contributed by atoms with Gasteiger partial charge in [-0.1, -0.05) is 55.5 Å². The topological polar surface area (TPSA) is 54.3 Å². The lowest BCUT2D eigenvalue weighted by atomic mass is 9.93. The Kier molecular flexibility index (Phi) is 5.76. The van der Waals surface area contributed by atoms with Crippen molar-refractivity contribution in [3.8, 4) is 0 Å². The molecular weight excluding hydrogens is 442 g/mol. The zero-order valence-corrected chi connectivity index (χ0v) is 19.8. The summed E-state index contributed by atoms with van der Waals surface area (Å²) in [6.07, 6.45) is 6.74. The van der Waals surface area contributed by atoms with Gasteiger partial charge in [0.25, 0.3) is 5.91 Å². The number of amides is 2. The van der Waals surface area contributed by atoms with Crippen LogP contribution in [0.1, 0.15) is 61.5 Å². The van der Waals surface area contributed by atoms with Crippen molar-refractivity contribution >= 4 is 45.0 Å². The van der Waals surface area contributed by atoms with Crippen LogP contribution in [0.25, 0.3) is 10.2 Å². The number of carbonyl (C=O) groups is 2. The summed E-state index contributed by atoms with van der Waals surface area (Å²) in [7, 11) is 0. The van der Waals surface area contributed by atoms with Gasteiger partial charge in [0.15, 0.2) is 0 Å². The first-order valence-electron chi connectivity index (χ1n) is 11.4. The van der Waals surface area contributed by atoms with Crippen LogP contribution >= 0.6 is 22.9 Å². The number of hydrogen-bond donors (Lipinski definition) is 1. The molecule has 1 aliphatic carbocycles. The molecule has 7 heteroatoms. The lowest BCUT2D eigenvalue weighted by molar-refractivity contribution is -0.134. The van der Waals surface area contributed by atoms with Gasteiger partial charge in [-0.05, 0) is 48.9 Å². The van der Waals surface area contributed by atoms with Crippen molar-refractivity contribution in [3.05, 3.63) is 58.1 Å². The first-order valence-corrected chi connectivity index (χ1v) is 12.7. The lowest BCUT2D eigenvalue weighted by Gasteiger charge is -2.44. The molecule has 2 aliphatic rings. The van der Waals surface area contributed by atoms with Crippen molar-refractivity contribution in [2.24, 2.45) is 0 Å². The summed E-state index contributed by atoms with van der Waals surface area (Å²) in [5.41, 5.74) is 1.49. The summed E-state index contributed by atoms with van der Waals surface area (Å²) in [6, 6.07) is 11.7. The average molecular weight is 470 g/mol. The Labute approximate surface area is 197 Å². The molecule has 5 nitrogen and oxygen atoms in total. The second-order valence-electron chi connectivity index (χ2n) is 9.20. The Bertz CT molecular complexity index is 1160. The first kappa shape index (κ1) is 21.5. The van der Waals surface area contributed by atoms with Gasteiger partial charge in [-0.25, -0.2) is 0 Å². The van der Waals surface area contributed by atoms with E-state index in [1.807, 2.05) is 53.3 Å². The van der Waals surface area contributed by atoms with Crippen LogP contribution in [0.4, 0.5) is 0 Å². The highest BCUT2D eigenvalue weighted by molar-refractivity contribution is 7.17. The van der Waals surface area contributed by atoms with Gasteiger partial charge in [-0.3, -0.25) is 9.59 Å². The molecular formula is C25H28ClN3O2S. The van der Waals surface area contributed by atoms with Crippen molar-refractivity contribution in [2.75, 3.05) is 0 Å². The van der Waals surface area contributed by atoms with Crippen molar-refractivity contribution in [1.82, 2.24) is 14.8 Å². The Morgan fingerprint density at radius 3 is 2.69 bits per heavy atom. The van der Waals surface area contributed by atoms with Crippen molar-refractivity contribution < 1.29 is 9.59 Å². The second kappa shape index (κ2) is 8.56. The summed E-state index contributed by atoms with van der Waals surface area (Å²) in [5.74, 6) is -0.203. The molecule has 0 spiro atoms. The van der Waals surface area contributed by atoms with Crippen LogP contribution in [0, 0.1) is 0 Å². The molecule has 3 heterocycles. The highest BCUT2D eigenvalue weighted by Gasteiger charge is 2.48. The molecule has 1 fully saturated rings. The minimum atomic E-state index is -1.01. The van der Waals surface area contributed by atoms with Gasteiger partial charge in [0.2, 0.25) is 5.91 Å². The predicted molar refractivity (Wildman–Crippen MR) is 129 cm³/mol. The largest absolute Gasteiger partial charge is 0.351 e. The minimum Gasteiger partial charge on any atom is -0.351 e. The number of benzene rings is 1. The highest BCUT2D eigenvalue weighted by atomic mass is 35.5. The maximum Gasteiger partial charge on any atom is 0.271 e. The van der Waals surface area contributed by atoms with Gasteiger partial charge in [0.1, 0.15) is 11.2 Å². The van der Waals surface area contributed by atoms with Crippen LogP contribution in [0.15, 0.2) is 41.8 Å². The lowest BCUT2D eigenvalue weighted by Crippen LogP contribution is -2.64. The third-order valence-electron chi connectivity index (χ3n) is 7.01. The molecule has 0 bridgehead atoms. The van der Waals surface area contributed by atoms with Crippen molar-refractivity contribution in [3.63, 3.8) is 0 Å². The molecule has 168 valence electrons. The third kappa shape index (κ3) is 3.73. The predicted octanol–water partition coefficient (Wildman–Crippen LogP) is 5.61. The van der Waals surface area contributed by atoms with Gasteiger partial charge < -0.3 is 14.8 Å². The molecule has 1 N–H and O–H groups in total. The van der Waals surface area contributed by atoms with E-state index < -0.39 is 5.54 Å². The van der Waals surface area contributed by atoms with E-state index in [-0.39, 0.29) is 17.9 Å². The SMILES string of the molecule is CC1(C(=O)NC2CCCCCC2)Cn2c(cc3sccc32)C(=O)N1Cc1ccccc1Cl. The van der Waals surface area contributed by atoms with Crippen LogP contribution in [0.3, 0.4) is 0 Å². The summed E-state index contributed by atoms with van der Waals surface area (Å²) in [6.45, 7) is 2.62. The van der Waals surface area contributed by atoms with Gasteiger partial charge in [0.05, 0.1) is 16.8 Å².